The predicted molar refractivity (Wildman–Crippen MR) is 127 cm³/mol. The van der Waals surface area contributed by atoms with Gasteiger partial charge in [-0.05, 0) is 30.5 Å². The van der Waals surface area contributed by atoms with E-state index in [0.717, 1.165) is 5.56 Å². The van der Waals surface area contributed by atoms with Crippen LogP contribution in [-0.4, -0.2) is 71.1 Å². The second-order valence-corrected chi connectivity index (χ2v) is 10.8. The van der Waals surface area contributed by atoms with E-state index in [-0.39, 0.29) is 29.6 Å². The minimum Gasteiger partial charge on any atom is -0.408 e. The average molecular weight is 499 g/mol. The molecule has 3 heterocycles. The zero-order chi connectivity index (χ0) is 24.7. The maximum Gasteiger partial charge on any atom is 0.419 e. The summed E-state index contributed by atoms with van der Waals surface area (Å²) in [7, 11) is -2.24. The van der Waals surface area contributed by atoms with E-state index >= 15 is 0 Å². The SMILES string of the molecule is Cn1c(=O)oc2cc(S(=O)(=O)N3CCC(N4CCN(Cc5ccccc5)C(=O)C4=O)CC3)ccc21. The molecular formula is C24H26N4O6S. The zero-order valence-corrected chi connectivity index (χ0v) is 20.1. The molecular weight excluding hydrogens is 472 g/mol. The van der Waals surface area contributed by atoms with Gasteiger partial charge in [0.1, 0.15) is 0 Å². The van der Waals surface area contributed by atoms with Gasteiger partial charge in [0.25, 0.3) is 0 Å². The number of hydrogen-bond acceptors (Lipinski definition) is 6. The number of aryl methyl sites for hydroxylation is 1. The molecule has 0 saturated carbocycles. The minimum atomic E-state index is -3.80. The van der Waals surface area contributed by atoms with E-state index in [9.17, 15) is 22.8 Å². The Balaban J connectivity index is 1.23. The molecule has 2 aliphatic heterocycles. The summed E-state index contributed by atoms with van der Waals surface area (Å²) in [4.78, 5) is 40.5. The van der Waals surface area contributed by atoms with E-state index in [1.54, 1.807) is 22.9 Å². The first-order valence-corrected chi connectivity index (χ1v) is 12.9. The van der Waals surface area contributed by atoms with Crippen LogP contribution in [-0.2, 0) is 33.2 Å². The van der Waals surface area contributed by atoms with Gasteiger partial charge in [0, 0.05) is 51.9 Å². The number of sulfonamides is 1. The molecule has 35 heavy (non-hydrogen) atoms. The molecule has 10 nitrogen and oxygen atoms in total. The lowest BCUT2D eigenvalue weighted by atomic mass is 10.0. The van der Waals surface area contributed by atoms with Crippen molar-refractivity contribution in [1.82, 2.24) is 18.7 Å². The summed E-state index contributed by atoms with van der Waals surface area (Å²) in [6, 6.07) is 13.7. The van der Waals surface area contributed by atoms with E-state index in [0.29, 0.717) is 38.0 Å². The maximum absolute atomic E-state index is 13.2. The van der Waals surface area contributed by atoms with Crippen LogP contribution in [0.5, 0.6) is 0 Å². The quantitative estimate of drug-likeness (QED) is 0.488. The topological polar surface area (TPSA) is 113 Å². The van der Waals surface area contributed by atoms with Crippen LogP contribution in [0.4, 0.5) is 0 Å². The summed E-state index contributed by atoms with van der Waals surface area (Å²) in [5, 5.41) is 0. The van der Waals surface area contributed by atoms with Crippen molar-refractivity contribution in [2.24, 2.45) is 7.05 Å². The molecule has 0 aliphatic carbocycles. The summed E-state index contributed by atoms with van der Waals surface area (Å²) in [6.07, 6.45) is 0.888. The van der Waals surface area contributed by atoms with Gasteiger partial charge in [0.05, 0.1) is 10.4 Å². The van der Waals surface area contributed by atoms with Crippen LogP contribution in [0.1, 0.15) is 18.4 Å². The van der Waals surface area contributed by atoms with Crippen molar-refractivity contribution in [1.29, 1.82) is 0 Å². The number of piperidine rings is 1. The average Bonchev–Trinajstić information content (AvgIpc) is 3.15. The molecule has 2 fully saturated rings. The molecule has 2 saturated heterocycles. The fourth-order valence-electron chi connectivity index (χ4n) is 4.81. The molecule has 1 aromatic heterocycles. The normalized spacial score (nSPS) is 18.5. The first-order valence-electron chi connectivity index (χ1n) is 11.5. The molecule has 0 radical (unpaired) electrons. The largest absolute Gasteiger partial charge is 0.419 e. The predicted octanol–water partition coefficient (Wildman–Crippen LogP) is 1.16. The van der Waals surface area contributed by atoms with E-state index in [1.807, 2.05) is 30.3 Å². The van der Waals surface area contributed by atoms with Crippen LogP contribution in [0.3, 0.4) is 0 Å². The number of amides is 2. The Hall–Kier alpha value is -3.44. The molecule has 0 bridgehead atoms. The molecule has 2 amide bonds. The lowest BCUT2D eigenvalue weighted by molar-refractivity contribution is -0.158. The third-order valence-corrected chi connectivity index (χ3v) is 8.72. The highest BCUT2D eigenvalue weighted by molar-refractivity contribution is 7.89. The van der Waals surface area contributed by atoms with E-state index < -0.39 is 27.6 Å². The van der Waals surface area contributed by atoms with E-state index in [4.69, 9.17) is 4.42 Å². The molecule has 5 rings (SSSR count). The van der Waals surface area contributed by atoms with Crippen LogP contribution in [0, 0.1) is 0 Å². The third kappa shape index (κ3) is 4.25. The number of aromatic nitrogens is 1. The highest BCUT2D eigenvalue weighted by atomic mass is 32.2. The number of hydrogen-bond donors (Lipinski definition) is 0. The van der Waals surface area contributed by atoms with Crippen LogP contribution in [0.15, 0.2) is 62.6 Å². The van der Waals surface area contributed by atoms with Gasteiger partial charge in [-0.2, -0.15) is 4.31 Å². The summed E-state index contributed by atoms with van der Waals surface area (Å²) < 4.78 is 34.2. The lowest BCUT2D eigenvalue weighted by Crippen LogP contribution is -2.58. The third-order valence-electron chi connectivity index (χ3n) is 6.82. The minimum absolute atomic E-state index is 0.0542. The number of rotatable bonds is 5. The molecule has 2 aliphatic rings. The van der Waals surface area contributed by atoms with Gasteiger partial charge in [-0.15, -0.1) is 0 Å². The van der Waals surface area contributed by atoms with Crippen LogP contribution < -0.4 is 5.76 Å². The van der Waals surface area contributed by atoms with Crippen molar-refractivity contribution < 1.29 is 22.4 Å². The van der Waals surface area contributed by atoms with Crippen molar-refractivity contribution in [2.75, 3.05) is 26.2 Å². The van der Waals surface area contributed by atoms with Crippen LogP contribution in [0.2, 0.25) is 0 Å². The summed E-state index contributed by atoms with van der Waals surface area (Å²) >= 11 is 0. The number of piperazine rings is 1. The molecule has 0 atom stereocenters. The highest BCUT2D eigenvalue weighted by Gasteiger charge is 2.39. The van der Waals surface area contributed by atoms with Gasteiger partial charge in [-0.25, -0.2) is 13.2 Å². The number of oxazole rings is 1. The van der Waals surface area contributed by atoms with Gasteiger partial charge in [0.15, 0.2) is 5.58 Å². The molecule has 11 heteroatoms. The van der Waals surface area contributed by atoms with Gasteiger partial charge in [-0.1, -0.05) is 30.3 Å². The lowest BCUT2D eigenvalue weighted by Gasteiger charge is -2.41. The van der Waals surface area contributed by atoms with Gasteiger partial charge in [0.2, 0.25) is 10.0 Å². The summed E-state index contributed by atoms with van der Waals surface area (Å²) in [6.45, 7) is 1.73. The van der Waals surface area contributed by atoms with Crippen LogP contribution in [0.25, 0.3) is 11.1 Å². The Bertz CT molecular complexity index is 1440. The van der Waals surface area contributed by atoms with Crippen molar-refractivity contribution in [3.8, 4) is 0 Å². The number of fused-ring (bicyclic) bond motifs is 1. The Morgan fingerprint density at radius 2 is 1.63 bits per heavy atom. The first-order chi connectivity index (χ1) is 16.8. The van der Waals surface area contributed by atoms with E-state index in [2.05, 4.69) is 0 Å². The smallest absolute Gasteiger partial charge is 0.408 e. The van der Waals surface area contributed by atoms with Crippen molar-refractivity contribution >= 4 is 32.9 Å². The molecule has 184 valence electrons. The number of carbonyl (C=O) groups excluding carboxylic acids is 2. The fourth-order valence-corrected chi connectivity index (χ4v) is 6.30. The first kappa shape index (κ1) is 23.3. The van der Waals surface area contributed by atoms with Crippen molar-refractivity contribution in [3.63, 3.8) is 0 Å². The molecule has 0 unspecified atom stereocenters. The van der Waals surface area contributed by atoms with Gasteiger partial charge in [-0.3, -0.25) is 14.2 Å². The zero-order valence-electron chi connectivity index (χ0n) is 19.3. The van der Waals surface area contributed by atoms with E-state index in [1.165, 1.54) is 21.0 Å². The number of nitrogens with zero attached hydrogens (tertiary/aromatic N) is 4. The number of carbonyl (C=O) groups is 2. The molecule has 0 spiro atoms. The Labute approximate surface area is 202 Å². The molecule has 3 aromatic rings. The van der Waals surface area contributed by atoms with Gasteiger partial charge < -0.3 is 14.2 Å². The second kappa shape index (κ2) is 8.97. The standard InChI is InChI=1S/C24H26N4O6S/c1-25-20-8-7-19(15-21(20)34-24(25)31)35(32,33)27-11-9-18(10-12-27)28-14-13-26(22(29)23(28)30)16-17-5-3-2-4-6-17/h2-8,15,18H,9-14,16H2,1H3. The number of benzene rings is 2. The molecule has 2 aromatic carbocycles. The Kier molecular flexibility index (Phi) is 5.97. The Morgan fingerprint density at radius 1 is 0.914 bits per heavy atom. The van der Waals surface area contributed by atoms with Crippen molar-refractivity contribution in [2.45, 2.75) is 30.3 Å². The fraction of sp³-hybridized carbons (Fsp3) is 0.375. The monoisotopic (exact) mass is 498 g/mol. The molecule has 0 N–H and O–H groups in total. The maximum atomic E-state index is 13.2. The highest BCUT2D eigenvalue weighted by Crippen LogP contribution is 2.26. The second-order valence-electron chi connectivity index (χ2n) is 8.90. The van der Waals surface area contributed by atoms with Crippen molar-refractivity contribution in [3.05, 3.63) is 64.6 Å². The van der Waals surface area contributed by atoms with Gasteiger partial charge >= 0.3 is 17.6 Å². The Morgan fingerprint density at radius 3 is 2.34 bits per heavy atom. The summed E-state index contributed by atoms with van der Waals surface area (Å²) in [5.74, 6) is -1.61. The summed E-state index contributed by atoms with van der Waals surface area (Å²) in [5.41, 5.74) is 1.70. The van der Waals surface area contributed by atoms with Crippen LogP contribution >= 0.6 is 0 Å².